The van der Waals surface area contributed by atoms with Gasteiger partial charge in [-0.05, 0) is 51.1 Å². The fourth-order valence-electron chi connectivity index (χ4n) is 3.86. The first-order valence-electron chi connectivity index (χ1n) is 10.0. The van der Waals surface area contributed by atoms with E-state index in [1.54, 1.807) is 13.0 Å². The first kappa shape index (κ1) is 20.5. The van der Waals surface area contributed by atoms with E-state index < -0.39 is 12.1 Å². The van der Waals surface area contributed by atoms with Crippen LogP contribution in [0.4, 0.5) is 0 Å². The molecule has 0 aliphatic rings. The number of benzene rings is 2. The van der Waals surface area contributed by atoms with Gasteiger partial charge in [0.05, 0.1) is 12.7 Å². The number of ketones is 1. The van der Waals surface area contributed by atoms with E-state index in [9.17, 15) is 14.7 Å². The number of Topliss-reactive ketones (excluding diaryl/α,β-unsaturated/α-hetero) is 1. The van der Waals surface area contributed by atoms with Crippen LogP contribution in [-0.2, 0) is 16.0 Å². The van der Waals surface area contributed by atoms with Crippen LogP contribution in [0.5, 0.6) is 5.75 Å². The molecule has 2 aromatic heterocycles. The number of esters is 1. The second kappa shape index (κ2) is 8.14. The standard InChI is InChI=1S/C25H23NO5/c1-15-11-22(16(2)26(15)19-7-5-4-6-8-19)25(29)17(3)31-24(28)12-18-14-30-23-13-20(27)9-10-21(18)23/h4-11,13-14,17,27H,12H2,1-3H3. The van der Waals surface area contributed by atoms with Gasteiger partial charge in [0.15, 0.2) is 6.10 Å². The Morgan fingerprint density at radius 3 is 2.58 bits per heavy atom. The molecule has 6 nitrogen and oxygen atoms in total. The monoisotopic (exact) mass is 417 g/mol. The SMILES string of the molecule is Cc1cc(C(=O)C(C)OC(=O)Cc2coc3cc(O)ccc23)c(C)n1-c1ccccc1. The first-order valence-corrected chi connectivity index (χ1v) is 10.0. The molecule has 0 amide bonds. The van der Waals surface area contributed by atoms with Crippen LogP contribution in [0.1, 0.15) is 34.2 Å². The van der Waals surface area contributed by atoms with Gasteiger partial charge in [-0.15, -0.1) is 0 Å². The Morgan fingerprint density at radius 1 is 1.10 bits per heavy atom. The third-order valence-corrected chi connectivity index (χ3v) is 5.36. The van der Waals surface area contributed by atoms with Crippen molar-refractivity contribution in [2.75, 3.05) is 0 Å². The summed E-state index contributed by atoms with van der Waals surface area (Å²) in [5.74, 6) is -0.678. The summed E-state index contributed by atoms with van der Waals surface area (Å²) in [6.07, 6.45) is 0.517. The second-order valence-corrected chi connectivity index (χ2v) is 7.57. The van der Waals surface area contributed by atoms with E-state index in [-0.39, 0.29) is 18.0 Å². The van der Waals surface area contributed by atoms with Gasteiger partial charge in [-0.3, -0.25) is 9.59 Å². The lowest BCUT2D eigenvalue weighted by Crippen LogP contribution is -2.25. The Morgan fingerprint density at radius 2 is 1.84 bits per heavy atom. The summed E-state index contributed by atoms with van der Waals surface area (Å²) in [5.41, 5.74) is 4.36. The summed E-state index contributed by atoms with van der Waals surface area (Å²) in [7, 11) is 0. The fourth-order valence-corrected chi connectivity index (χ4v) is 3.86. The normalized spacial score (nSPS) is 12.1. The van der Waals surface area contributed by atoms with E-state index >= 15 is 0 Å². The molecule has 4 rings (SSSR count). The lowest BCUT2D eigenvalue weighted by atomic mass is 10.1. The summed E-state index contributed by atoms with van der Waals surface area (Å²) >= 11 is 0. The smallest absolute Gasteiger partial charge is 0.311 e. The van der Waals surface area contributed by atoms with Crippen LogP contribution < -0.4 is 0 Å². The minimum absolute atomic E-state index is 0.0293. The highest BCUT2D eigenvalue weighted by molar-refractivity contribution is 6.01. The van der Waals surface area contributed by atoms with Gasteiger partial charge < -0.3 is 18.8 Å². The molecule has 1 N–H and O–H groups in total. The van der Waals surface area contributed by atoms with E-state index in [1.165, 1.54) is 18.4 Å². The Kier molecular flexibility index (Phi) is 5.38. The Labute approximate surface area is 179 Å². The van der Waals surface area contributed by atoms with Gasteiger partial charge in [0.25, 0.3) is 0 Å². The lowest BCUT2D eigenvalue weighted by molar-refractivity contribution is -0.145. The number of rotatable bonds is 6. The Bertz CT molecular complexity index is 1270. The number of aryl methyl sites for hydroxylation is 1. The van der Waals surface area contributed by atoms with Crippen molar-refractivity contribution in [3.05, 3.63) is 83.4 Å². The highest BCUT2D eigenvalue weighted by Crippen LogP contribution is 2.26. The summed E-state index contributed by atoms with van der Waals surface area (Å²) in [6, 6.07) is 16.3. The fraction of sp³-hybridized carbons (Fsp3) is 0.200. The molecule has 2 heterocycles. The third-order valence-electron chi connectivity index (χ3n) is 5.36. The van der Waals surface area contributed by atoms with E-state index in [2.05, 4.69) is 0 Å². The van der Waals surface area contributed by atoms with Crippen LogP contribution in [0.3, 0.4) is 0 Å². The van der Waals surface area contributed by atoms with Crippen LogP contribution in [0.2, 0.25) is 0 Å². The van der Waals surface area contributed by atoms with Gasteiger partial charge in [0, 0.05) is 39.7 Å². The highest BCUT2D eigenvalue weighted by Gasteiger charge is 2.25. The molecule has 0 saturated heterocycles. The summed E-state index contributed by atoms with van der Waals surface area (Å²) in [4.78, 5) is 25.5. The maximum absolute atomic E-state index is 13.0. The quantitative estimate of drug-likeness (QED) is 0.356. The van der Waals surface area contributed by atoms with Gasteiger partial charge in [-0.2, -0.15) is 0 Å². The van der Waals surface area contributed by atoms with E-state index in [1.807, 2.05) is 54.8 Å². The number of furan rings is 1. The first-order chi connectivity index (χ1) is 14.8. The van der Waals surface area contributed by atoms with Gasteiger partial charge in [-0.1, -0.05) is 18.2 Å². The number of carbonyl (C=O) groups excluding carboxylic acids is 2. The largest absolute Gasteiger partial charge is 0.508 e. The highest BCUT2D eigenvalue weighted by atomic mass is 16.5. The Balaban J connectivity index is 1.49. The molecule has 6 heteroatoms. The number of nitrogens with zero attached hydrogens (tertiary/aromatic N) is 1. The number of phenolic OH excluding ortho intramolecular Hbond substituents is 1. The number of para-hydroxylation sites is 1. The van der Waals surface area contributed by atoms with Crippen LogP contribution in [-0.4, -0.2) is 27.5 Å². The molecule has 4 aromatic rings. The number of phenols is 1. The van der Waals surface area contributed by atoms with Gasteiger partial charge in [0.2, 0.25) is 5.78 Å². The van der Waals surface area contributed by atoms with Crippen LogP contribution >= 0.6 is 0 Å². The van der Waals surface area contributed by atoms with Crippen LogP contribution in [0.15, 0.2) is 65.3 Å². The number of aromatic nitrogens is 1. The molecule has 0 radical (unpaired) electrons. The predicted molar refractivity (Wildman–Crippen MR) is 117 cm³/mol. The molecule has 158 valence electrons. The molecule has 0 aliphatic carbocycles. The van der Waals surface area contributed by atoms with E-state index in [0.29, 0.717) is 16.7 Å². The Hall–Kier alpha value is -3.80. The van der Waals surface area contributed by atoms with Crippen molar-refractivity contribution in [2.24, 2.45) is 0 Å². The molecule has 1 atom stereocenters. The average Bonchev–Trinajstić information content (AvgIpc) is 3.27. The molecule has 31 heavy (non-hydrogen) atoms. The van der Waals surface area contributed by atoms with Crippen molar-refractivity contribution >= 4 is 22.7 Å². The van der Waals surface area contributed by atoms with Crippen molar-refractivity contribution < 1.29 is 23.8 Å². The number of hydrogen-bond donors (Lipinski definition) is 1. The summed E-state index contributed by atoms with van der Waals surface area (Å²) < 4.78 is 12.8. The molecule has 0 aliphatic heterocycles. The van der Waals surface area contributed by atoms with E-state index in [4.69, 9.17) is 9.15 Å². The lowest BCUT2D eigenvalue weighted by Gasteiger charge is -2.13. The predicted octanol–water partition coefficient (Wildman–Crippen LogP) is 4.90. The van der Waals surface area contributed by atoms with Crippen molar-refractivity contribution in [2.45, 2.75) is 33.3 Å². The molecule has 2 aromatic carbocycles. The summed E-state index contributed by atoms with van der Waals surface area (Å²) in [5, 5.41) is 10.3. The maximum Gasteiger partial charge on any atom is 0.311 e. The number of ether oxygens (including phenoxy) is 1. The second-order valence-electron chi connectivity index (χ2n) is 7.57. The molecule has 0 bridgehead atoms. The molecular formula is C25H23NO5. The van der Waals surface area contributed by atoms with E-state index in [0.717, 1.165) is 22.5 Å². The van der Waals surface area contributed by atoms with Gasteiger partial charge in [-0.25, -0.2) is 0 Å². The molecular weight excluding hydrogens is 394 g/mol. The maximum atomic E-state index is 13.0. The molecule has 1 unspecified atom stereocenters. The molecule has 0 saturated carbocycles. The molecule has 0 fully saturated rings. The van der Waals surface area contributed by atoms with Crippen molar-refractivity contribution in [3.8, 4) is 11.4 Å². The third kappa shape index (κ3) is 3.97. The topological polar surface area (TPSA) is 81.7 Å². The summed E-state index contributed by atoms with van der Waals surface area (Å²) in [6.45, 7) is 5.41. The van der Waals surface area contributed by atoms with Crippen LogP contribution in [0.25, 0.3) is 16.7 Å². The number of hydrogen-bond acceptors (Lipinski definition) is 5. The zero-order valence-corrected chi connectivity index (χ0v) is 17.6. The number of fused-ring (bicyclic) bond motifs is 1. The number of carbonyl (C=O) groups is 2. The molecule has 0 spiro atoms. The van der Waals surface area contributed by atoms with Gasteiger partial charge in [0.1, 0.15) is 11.3 Å². The minimum atomic E-state index is -0.917. The zero-order valence-electron chi connectivity index (χ0n) is 17.6. The van der Waals surface area contributed by atoms with Crippen molar-refractivity contribution in [1.82, 2.24) is 4.57 Å². The van der Waals surface area contributed by atoms with Crippen molar-refractivity contribution in [3.63, 3.8) is 0 Å². The number of aromatic hydroxyl groups is 1. The van der Waals surface area contributed by atoms with Crippen LogP contribution in [0, 0.1) is 13.8 Å². The van der Waals surface area contributed by atoms with Gasteiger partial charge >= 0.3 is 5.97 Å². The zero-order chi connectivity index (χ0) is 22.1. The average molecular weight is 417 g/mol. The minimum Gasteiger partial charge on any atom is -0.508 e. The van der Waals surface area contributed by atoms with Crippen molar-refractivity contribution in [1.29, 1.82) is 0 Å².